The van der Waals surface area contributed by atoms with E-state index in [-0.39, 0.29) is 5.78 Å². The van der Waals surface area contributed by atoms with E-state index in [0.29, 0.717) is 16.5 Å². The predicted octanol–water partition coefficient (Wildman–Crippen LogP) is 5.21. The van der Waals surface area contributed by atoms with Gasteiger partial charge >= 0.3 is 0 Å². The van der Waals surface area contributed by atoms with Crippen molar-refractivity contribution in [2.75, 3.05) is 0 Å². The topological polar surface area (TPSA) is 17.1 Å². The summed E-state index contributed by atoms with van der Waals surface area (Å²) in [6, 6.07) is 14.9. The van der Waals surface area contributed by atoms with Gasteiger partial charge in [-0.3, -0.25) is 4.79 Å². The van der Waals surface area contributed by atoms with Crippen LogP contribution in [0.2, 0.25) is 10.0 Å². The van der Waals surface area contributed by atoms with E-state index in [0.717, 1.165) is 17.5 Å². The zero-order valence-corrected chi connectivity index (χ0v) is 12.4. The van der Waals surface area contributed by atoms with Gasteiger partial charge in [0, 0.05) is 16.5 Å². The fourth-order valence-corrected chi connectivity index (χ4v) is 2.02. The van der Waals surface area contributed by atoms with E-state index in [9.17, 15) is 4.79 Å². The number of benzene rings is 2. The van der Waals surface area contributed by atoms with Crippen molar-refractivity contribution in [3.8, 4) is 0 Å². The Morgan fingerprint density at radius 2 is 1.45 bits per heavy atom. The second kappa shape index (κ2) is 7.28. The van der Waals surface area contributed by atoms with Crippen molar-refractivity contribution < 1.29 is 4.79 Å². The molecule has 2 rings (SSSR count). The highest BCUT2D eigenvalue weighted by Crippen LogP contribution is 2.12. The van der Waals surface area contributed by atoms with Crippen LogP contribution in [0.25, 0.3) is 6.08 Å². The summed E-state index contributed by atoms with van der Waals surface area (Å²) in [5.74, 6) is 0.106. The van der Waals surface area contributed by atoms with Crippen LogP contribution in [0.1, 0.15) is 17.5 Å². The number of ketones is 1. The van der Waals surface area contributed by atoms with Gasteiger partial charge in [0.25, 0.3) is 0 Å². The summed E-state index contributed by atoms with van der Waals surface area (Å²) < 4.78 is 0. The summed E-state index contributed by atoms with van der Waals surface area (Å²) in [4.78, 5) is 11.8. The number of carbonyl (C=O) groups is 1. The highest BCUT2D eigenvalue weighted by molar-refractivity contribution is 6.30. The second-order valence-electron chi connectivity index (χ2n) is 4.48. The zero-order valence-electron chi connectivity index (χ0n) is 10.9. The minimum atomic E-state index is 0.106. The van der Waals surface area contributed by atoms with E-state index in [1.807, 2.05) is 36.4 Å². The molecule has 2 aromatic rings. The SMILES string of the molecule is O=C(/C=C/c1ccc(Cl)cc1)CCc1ccc(Cl)cc1. The lowest BCUT2D eigenvalue weighted by molar-refractivity contribution is -0.114. The van der Waals surface area contributed by atoms with Crippen molar-refractivity contribution in [1.82, 2.24) is 0 Å². The number of halogens is 2. The maximum atomic E-state index is 11.8. The van der Waals surface area contributed by atoms with Crippen LogP contribution in [0, 0.1) is 0 Å². The lowest BCUT2D eigenvalue weighted by atomic mass is 10.1. The van der Waals surface area contributed by atoms with E-state index in [1.54, 1.807) is 24.3 Å². The molecule has 0 spiro atoms. The molecule has 2 aromatic carbocycles. The molecule has 20 heavy (non-hydrogen) atoms. The first-order valence-corrected chi connectivity index (χ1v) is 7.10. The maximum Gasteiger partial charge on any atom is 0.156 e. The van der Waals surface area contributed by atoms with Crippen LogP contribution in [-0.2, 0) is 11.2 Å². The first-order valence-electron chi connectivity index (χ1n) is 6.34. The quantitative estimate of drug-likeness (QED) is 0.693. The molecule has 3 heteroatoms. The maximum absolute atomic E-state index is 11.8. The molecule has 0 aliphatic rings. The van der Waals surface area contributed by atoms with Gasteiger partial charge in [0.1, 0.15) is 0 Å². The molecule has 0 aromatic heterocycles. The summed E-state index contributed by atoms with van der Waals surface area (Å²) in [5.41, 5.74) is 2.08. The molecule has 0 aliphatic carbocycles. The normalized spacial score (nSPS) is 10.9. The minimum absolute atomic E-state index is 0.106. The van der Waals surface area contributed by atoms with Gasteiger partial charge in [-0.1, -0.05) is 53.5 Å². The zero-order chi connectivity index (χ0) is 14.4. The van der Waals surface area contributed by atoms with Crippen LogP contribution in [0.5, 0.6) is 0 Å². The molecule has 0 saturated carbocycles. The van der Waals surface area contributed by atoms with Gasteiger partial charge in [0.15, 0.2) is 5.78 Å². The van der Waals surface area contributed by atoms with E-state index in [2.05, 4.69) is 0 Å². The highest BCUT2D eigenvalue weighted by atomic mass is 35.5. The fraction of sp³-hybridized carbons (Fsp3) is 0.118. The van der Waals surface area contributed by atoms with Crippen LogP contribution in [-0.4, -0.2) is 5.78 Å². The average Bonchev–Trinajstić information content (AvgIpc) is 2.46. The third kappa shape index (κ3) is 4.84. The van der Waals surface area contributed by atoms with E-state index >= 15 is 0 Å². The van der Waals surface area contributed by atoms with Gasteiger partial charge in [-0.2, -0.15) is 0 Å². The van der Waals surface area contributed by atoms with Gasteiger partial charge in [-0.05, 0) is 47.9 Å². The summed E-state index contributed by atoms with van der Waals surface area (Å²) in [7, 11) is 0. The summed E-state index contributed by atoms with van der Waals surface area (Å²) in [6.07, 6.45) is 4.63. The predicted molar refractivity (Wildman–Crippen MR) is 85.3 cm³/mol. The Labute approximate surface area is 128 Å². The average molecular weight is 305 g/mol. The monoisotopic (exact) mass is 304 g/mol. The molecule has 0 unspecified atom stereocenters. The highest BCUT2D eigenvalue weighted by Gasteiger charge is 1.99. The van der Waals surface area contributed by atoms with Gasteiger partial charge in [-0.15, -0.1) is 0 Å². The Balaban J connectivity index is 1.86. The molecule has 1 nitrogen and oxygen atoms in total. The van der Waals surface area contributed by atoms with E-state index in [4.69, 9.17) is 23.2 Å². The Kier molecular flexibility index (Phi) is 5.40. The Bertz CT molecular complexity index is 598. The number of rotatable bonds is 5. The van der Waals surface area contributed by atoms with Gasteiger partial charge in [-0.25, -0.2) is 0 Å². The molecule has 0 fully saturated rings. The molecule has 0 radical (unpaired) electrons. The van der Waals surface area contributed by atoms with Crippen molar-refractivity contribution in [1.29, 1.82) is 0 Å². The molecule has 0 saturated heterocycles. The van der Waals surface area contributed by atoms with Crippen LogP contribution in [0.15, 0.2) is 54.6 Å². The van der Waals surface area contributed by atoms with Crippen molar-refractivity contribution in [3.05, 3.63) is 75.8 Å². The number of carbonyl (C=O) groups excluding carboxylic acids is 1. The Hall–Kier alpha value is -1.57. The van der Waals surface area contributed by atoms with Gasteiger partial charge in [0.05, 0.1) is 0 Å². The molecule has 102 valence electrons. The van der Waals surface area contributed by atoms with Crippen LogP contribution in [0.4, 0.5) is 0 Å². The van der Waals surface area contributed by atoms with Crippen molar-refractivity contribution >= 4 is 35.1 Å². The first-order chi connectivity index (χ1) is 9.63. The summed E-state index contributed by atoms with van der Waals surface area (Å²) >= 11 is 11.6. The number of aryl methyl sites for hydroxylation is 1. The summed E-state index contributed by atoms with van der Waals surface area (Å²) in [5, 5.41) is 1.40. The fourth-order valence-electron chi connectivity index (χ4n) is 1.77. The van der Waals surface area contributed by atoms with Crippen molar-refractivity contribution in [3.63, 3.8) is 0 Å². The third-order valence-corrected chi connectivity index (χ3v) is 3.41. The van der Waals surface area contributed by atoms with Crippen molar-refractivity contribution in [2.45, 2.75) is 12.8 Å². The molecule has 0 N–H and O–H groups in total. The number of allylic oxidation sites excluding steroid dienone is 1. The number of hydrogen-bond acceptors (Lipinski definition) is 1. The molecule has 0 bridgehead atoms. The number of hydrogen-bond donors (Lipinski definition) is 0. The van der Waals surface area contributed by atoms with Gasteiger partial charge in [0.2, 0.25) is 0 Å². The minimum Gasteiger partial charge on any atom is -0.295 e. The Morgan fingerprint density at radius 3 is 2.05 bits per heavy atom. The molecule has 0 heterocycles. The van der Waals surface area contributed by atoms with E-state index < -0.39 is 0 Å². The molecule has 0 atom stereocenters. The lowest BCUT2D eigenvalue weighted by Gasteiger charge is -1.99. The third-order valence-electron chi connectivity index (χ3n) is 2.91. The molecule has 0 amide bonds. The largest absolute Gasteiger partial charge is 0.295 e. The van der Waals surface area contributed by atoms with Crippen LogP contribution >= 0.6 is 23.2 Å². The molecule has 0 aliphatic heterocycles. The standard InChI is InChI=1S/C17H14Cl2O/c18-15-7-1-13(2-8-15)5-11-17(20)12-6-14-3-9-16(19)10-4-14/h1-5,7-11H,6,12H2/b11-5+. The molecular weight excluding hydrogens is 291 g/mol. The smallest absolute Gasteiger partial charge is 0.156 e. The van der Waals surface area contributed by atoms with E-state index in [1.165, 1.54) is 0 Å². The second-order valence-corrected chi connectivity index (χ2v) is 5.35. The Morgan fingerprint density at radius 1 is 0.900 bits per heavy atom. The summed E-state index contributed by atoms with van der Waals surface area (Å²) in [6.45, 7) is 0. The molecular formula is C17H14Cl2O. The van der Waals surface area contributed by atoms with Crippen LogP contribution in [0.3, 0.4) is 0 Å². The first kappa shape index (κ1) is 14.8. The van der Waals surface area contributed by atoms with Gasteiger partial charge < -0.3 is 0 Å². The lowest BCUT2D eigenvalue weighted by Crippen LogP contribution is -1.95. The van der Waals surface area contributed by atoms with Crippen molar-refractivity contribution in [2.24, 2.45) is 0 Å². The van der Waals surface area contributed by atoms with Crippen LogP contribution < -0.4 is 0 Å².